The first-order valence-corrected chi connectivity index (χ1v) is 5.94. The van der Waals surface area contributed by atoms with Gasteiger partial charge in [0.25, 0.3) is 0 Å². The summed E-state index contributed by atoms with van der Waals surface area (Å²) >= 11 is 0. The largest absolute Gasteiger partial charge is 0.442 e. The Hall–Kier alpha value is -2.70. The Morgan fingerprint density at radius 2 is 2.05 bits per heavy atom. The molecule has 0 saturated carbocycles. The van der Waals surface area contributed by atoms with Gasteiger partial charge in [-0.25, -0.2) is 9.07 Å². The third-order valence-electron chi connectivity index (χ3n) is 2.59. The van der Waals surface area contributed by atoms with Crippen molar-refractivity contribution in [3.63, 3.8) is 0 Å². The highest BCUT2D eigenvalue weighted by Crippen LogP contribution is 2.11. The third-order valence-corrected chi connectivity index (χ3v) is 2.59. The average Bonchev–Trinajstić information content (AvgIpc) is 3.06. The lowest BCUT2D eigenvalue weighted by molar-refractivity contribution is 0.192. The van der Waals surface area contributed by atoms with Crippen LogP contribution in [0.1, 0.15) is 11.5 Å². The number of benzene rings is 1. The lowest BCUT2D eigenvalue weighted by Crippen LogP contribution is -2.00. The number of ether oxygens (including phenoxy) is 1. The highest BCUT2D eigenvalue weighted by Gasteiger charge is 2.06. The summed E-state index contributed by atoms with van der Waals surface area (Å²) in [4.78, 5) is 3.92. The molecule has 0 spiro atoms. The second-order valence-electron chi connectivity index (χ2n) is 4.12. The van der Waals surface area contributed by atoms with Crippen molar-refractivity contribution in [1.82, 2.24) is 19.9 Å². The Kier molecular flexibility index (Phi) is 3.16. The Morgan fingerprint density at radius 1 is 1.25 bits per heavy atom. The summed E-state index contributed by atoms with van der Waals surface area (Å²) in [6.07, 6.45) is 1.88. The number of aryl methyl sites for hydroxylation is 1. The lowest BCUT2D eigenvalue weighted by Gasteiger charge is -2.00. The van der Waals surface area contributed by atoms with E-state index < -0.39 is 0 Å². The van der Waals surface area contributed by atoms with Crippen LogP contribution in [0, 0.1) is 12.7 Å². The molecule has 6 nitrogen and oxygen atoms in total. The molecule has 2 aromatic heterocycles. The highest BCUT2D eigenvalue weighted by atomic mass is 19.1. The number of halogens is 1. The quantitative estimate of drug-likeness (QED) is 0.730. The molecule has 0 fully saturated rings. The molecule has 0 aliphatic heterocycles. The maximum atomic E-state index is 12.8. The number of rotatable bonds is 4. The van der Waals surface area contributed by atoms with E-state index in [1.807, 2.05) is 0 Å². The van der Waals surface area contributed by atoms with Crippen LogP contribution >= 0.6 is 0 Å². The first-order valence-electron chi connectivity index (χ1n) is 5.94. The zero-order chi connectivity index (χ0) is 13.9. The maximum Gasteiger partial charge on any atom is 0.417 e. The van der Waals surface area contributed by atoms with Gasteiger partial charge in [-0.3, -0.25) is 4.52 Å². The number of hydrogen-bond donors (Lipinski definition) is 0. The summed E-state index contributed by atoms with van der Waals surface area (Å²) in [5, 5.41) is 7.93. The van der Waals surface area contributed by atoms with Crippen molar-refractivity contribution in [3.05, 3.63) is 53.9 Å². The van der Waals surface area contributed by atoms with E-state index in [0.29, 0.717) is 11.5 Å². The van der Waals surface area contributed by atoms with Crippen LogP contribution in [0.3, 0.4) is 0 Å². The fourth-order valence-electron chi connectivity index (χ4n) is 1.65. The minimum atomic E-state index is -0.281. The van der Waals surface area contributed by atoms with E-state index in [-0.39, 0.29) is 18.5 Å². The molecular weight excluding hydrogens is 263 g/mol. The van der Waals surface area contributed by atoms with Crippen molar-refractivity contribution >= 4 is 0 Å². The predicted molar refractivity (Wildman–Crippen MR) is 66.9 cm³/mol. The van der Waals surface area contributed by atoms with Crippen LogP contribution in [0.25, 0.3) is 5.69 Å². The number of nitrogens with zero attached hydrogens (tertiary/aromatic N) is 4. The molecule has 0 aliphatic rings. The summed E-state index contributed by atoms with van der Waals surface area (Å²) in [5.74, 6) is 0.230. The van der Waals surface area contributed by atoms with Crippen molar-refractivity contribution in [2.75, 3.05) is 0 Å². The van der Waals surface area contributed by atoms with Crippen LogP contribution in [-0.2, 0) is 6.61 Å². The van der Waals surface area contributed by atoms with Crippen LogP contribution < -0.4 is 4.74 Å². The molecule has 0 bridgehead atoms. The fraction of sp³-hybridized carbons (Fsp3) is 0.154. The standard InChI is InChI=1S/C13H11FN4O2/c1-9-15-13(20-17-9)19-8-11-6-7-18(16-11)12-4-2-10(14)3-5-12/h2-7H,8H2,1H3. The fourth-order valence-corrected chi connectivity index (χ4v) is 1.65. The third kappa shape index (κ3) is 2.66. The van der Waals surface area contributed by atoms with Gasteiger partial charge in [-0.05, 0) is 37.3 Å². The normalized spacial score (nSPS) is 10.7. The predicted octanol–water partition coefficient (Wildman–Crippen LogP) is 2.28. The highest BCUT2D eigenvalue weighted by molar-refractivity contribution is 5.31. The molecule has 3 rings (SSSR count). The van der Waals surface area contributed by atoms with Gasteiger partial charge in [0.05, 0.1) is 5.69 Å². The van der Waals surface area contributed by atoms with E-state index in [0.717, 1.165) is 5.69 Å². The SMILES string of the molecule is Cc1noc(OCc2ccn(-c3ccc(F)cc3)n2)n1. The van der Waals surface area contributed by atoms with E-state index in [2.05, 4.69) is 15.2 Å². The number of aromatic nitrogens is 4. The van der Waals surface area contributed by atoms with Crippen LogP contribution in [0.4, 0.5) is 4.39 Å². The van der Waals surface area contributed by atoms with Crippen molar-refractivity contribution in [2.45, 2.75) is 13.5 Å². The molecule has 3 aromatic rings. The summed E-state index contributed by atoms with van der Waals surface area (Å²) in [6.45, 7) is 1.93. The Balaban J connectivity index is 1.69. The summed E-state index contributed by atoms with van der Waals surface area (Å²) in [5.41, 5.74) is 1.47. The zero-order valence-corrected chi connectivity index (χ0v) is 10.7. The van der Waals surface area contributed by atoms with Gasteiger partial charge >= 0.3 is 6.08 Å². The molecule has 0 atom stereocenters. The Morgan fingerprint density at radius 3 is 2.75 bits per heavy atom. The molecule has 0 amide bonds. The molecule has 0 N–H and O–H groups in total. The van der Waals surface area contributed by atoms with Crippen LogP contribution in [0.2, 0.25) is 0 Å². The van der Waals surface area contributed by atoms with Crippen LogP contribution in [-0.4, -0.2) is 19.9 Å². The second kappa shape index (κ2) is 5.12. The molecule has 7 heteroatoms. The van der Waals surface area contributed by atoms with Gasteiger partial charge in [0, 0.05) is 6.20 Å². The van der Waals surface area contributed by atoms with E-state index in [1.54, 1.807) is 36.0 Å². The van der Waals surface area contributed by atoms with E-state index >= 15 is 0 Å². The van der Waals surface area contributed by atoms with Gasteiger partial charge in [-0.1, -0.05) is 5.16 Å². The van der Waals surface area contributed by atoms with Gasteiger partial charge in [-0.2, -0.15) is 10.1 Å². The average molecular weight is 274 g/mol. The molecule has 20 heavy (non-hydrogen) atoms. The van der Waals surface area contributed by atoms with Gasteiger partial charge in [0.2, 0.25) is 0 Å². The zero-order valence-electron chi connectivity index (χ0n) is 10.7. The number of hydrogen-bond acceptors (Lipinski definition) is 5. The molecular formula is C13H11FN4O2. The lowest BCUT2D eigenvalue weighted by atomic mass is 10.3. The van der Waals surface area contributed by atoms with Crippen LogP contribution in [0.15, 0.2) is 41.1 Å². The molecule has 102 valence electrons. The van der Waals surface area contributed by atoms with Crippen molar-refractivity contribution in [2.24, 2.45) is 0 Å². The van der Waals surface area contributed by atoms with Gasteiger partial charge in [0.15, 0.2) is 5.82 Å². The molecule has 0 aliphatic carbocycles. The summed E-state index contributed by atoms with van der Waals surface area (Å²) in [7, 11) is 0. The molecule has 1 aromatic carbocycles. The maximum absolute atomic E-state index is 12.8. The Labute approximate surface area is 113 Å². The van der Waals surface area contributed by atoms with Crippen molar-refractivity contribution < 1.29 is 13.7 Å². The smallest absolute Gasteiger partial charge is 0.417 e. The molecule has 0 unspecified atom stereocenters. The Bertz CT molecular complexity index is 705. The van der Waals surface area contributed by atoms with Gasteiger partial charge in [-0.15, -0.1) is 0 Å². The van der Waals surface area contributed by atoms with E-state index in [4.69, 9.17) is 9.26 Å². The van der Waals surface area contributed by atoms with Gasteiger partial charge in [0.1, 0.15) is 18.1 Å². The van der Waals surface area contributed by atoms with Crippen molar-refractivity contribution in [1.29, 1.82) is 0 Å². The van der Waals surface area contributed by atoms with E-state index in [9.17, 15) is 4.39 Å². The van der Waals surface area contributed by atoms with E-state index in [1.165, 1.54) is 12.1 Å². The monoisotopic (exact) mass is 274 g/mol. The summed E-state index contributed by atoms with van der Waals surface area (Å²) in [6, 6.07) is 7.86. The van der Waals surface area contributed by atoms with Crippen molar-refractivity contribution in [3.8, 4) is 11.8 Å². The summed E-state index contributed by atoms with van der Waals surface area (Å²) < 4.78 is 24.6. The minimum absolute atomic E-state index is 0.110. The molecule has 2 heterocycles. The second-order valence-corrected chi connectivity index (χ2v) is 4.12. The minimum Gasteiger partial charge on any atom is -0.442 e. The first-order chi connectivity index (χ1) is 9.70. The van der Waals surface area contributed by atoms with Gasteiger partial charge < -0.3 is 4.74 Å². The topological polar surface area (TPSA) is 66.0 Å². The molecule has 0 radical (unpaired) electrons. The first kappa shape index (κ1) is 12.3. The van der Waals surface area contributed by atoms with Crippen LogP contribution in [0.5, 0.6) is 6.08 Å². The molecule has 0 saturated heterocycles.